The molecular formula is C17H24N2O2. The molecule has 1 N–H and O–H groups in total. The average molecular weight is 288 g/mol. The molecule has 114 valence electrons. The molecule has 1 fully saturated rings. The maximum absolute atomic E-state index is 12.2. The minimum Gasteiger partial charge on any atom is -0.496 e. The Labute approximate surface area is 126 Å². The first-order valence-electron chi connectivity index (χ1n) is 7.40. The first-order valence-corrected chi connectivity index (χ1v) is 7.40. The van der Waals surface area contributed by atoms with Crippen LogP contribution in [-0.4, -0.2) is 44.6 Å². The van der Waals surface area contributed by atoms with Crippen LogP contribution in [0.15, 0.2) is 24.3 Å². The number of rotatable bonds is 5. The number of aryl methyl sites for hydroxylation is 1. The van der Waals surface area contributed by atoms with Gasteiger partial charge < -0.3 is 15.0 Å². The van der Waals surface area contributed by atoms with Crippen molar-refractivity contribution in [2.75, 3.05) is 33.8 Å². The van der Waals surface area contributed by atoms with Gasteiger partial charge in [0.05, 0.1) is 7.11 Å². The van der Waals surface area contributed by atoms with Gasteiger partial charge in [0.25, 0.3) is 0 Å². The number of amides is 1. The molecule has 0 aromatic heterocycles. The lowest BCUT2D eigenvalue weighted by molar-refractivity contribution is -0.125. The van der Waals surface area contributed by atoms with E-state index < -0.39 is 0 Å². The summed E-state index contributed by atoms with van der Waals surface area (Å²) in [4.78, 5) is 14.1. The fourth-order valence-electron chi connectivity index (χ4n) is 2.74. The number of ether oxygens (including phenoxy) is 1. The van der Waals surface area contributed by atoms with E-state index in [1.165, 1.54) is 0 Å². The van der Waals surface area contributed by atoms with Gasteiger partial charge in [0.15, 0.2) is 0 Å². The minimum absolute atomic E-state index is 0.0807. The van der Waals surface area contributed by atoms with Crippen molar-refractivity contribution in [3.05, 3.63) is 35.4 Å². The van der Waals surface area contributed by atoms with Gasteiger partial charge in [-0.1, -0.05) is 11.6 Å². The number of benzene rings is 1. The smallest absolute Gasteiger partial charge is 0.246 e. The molecule has 1 saturated heterocycles. The zero-order chi connectivity index (χ0) is 15.2. The summed E-state index contributed by atoms with van der Waals surface area (Å²) in [5, 5.41) is 3.18. The molecule has 4 nitrogen and oxygen atoms in total. The van der Waals surface area contributed by atoms with Gasteiger partial charge in [0, 0.05) is 24.7 Å². The van der Waals surface area contributed by atoms with Crippen LogP contribution < -0.4 is 10.1 Å². The fourth-order valence-corrected chi connectivity index (χ4v) is 2.74. The Morgan fingerprint density at radius 3 is 3.05 bits per heavy atom. The summed E-state index contributed by atoms with van der Waals surface area (Å²) in [6.45, 7) is 4.69. The van der Waals surface area contributed by atoms with E-state index in [1.54, 1.807) is 13.2 Å². The van der Waals surface area contributed by atoms with Crippen LogP contribution in [0.2, 0.25) is 0 Å². The molecule has 1 aromatic rings. The van der Waals surface area contributed by atoms with Crippen LogP contribution in [0.25, 0.3) is 6.08 Å². The number of nitrogens with one attached hydrogen (secondary N) is 1. The molecule has 1 amide bonds. The molecule has 0 saturated carbocycles. The normalized spacial score (nSPS) is 18.4. The molecule has 0 bridgehead atoms. The van der Waals surface area contributed by atoms with Crippen LogP contribution in [0.4, 0.5) is 0 Å². The third kappa shape index (κ3) is 4.08. The third-order valence-corrected chi connectivity index (χ3v) is 3.88. The lowest BCUT2D eigenvalue weighted by atomic mass is 10.1. The zero-order valence-electron chi connectivity index (χ0n) is 13.1. The summed E-state index contributed by atoms with van der Waals surface area (Å²) >= 11 is 0. The molecule has 1 atom stereocenters. The van der Waals surface area contributed by atoms with E-state index in [0.717, 1.165) is 42.9 Å². The highest BCUT2D eigenvalue weighted by Gasteiger charge is 2.24. The molecular weight excluding hydrogens is 264 g/mol. The van der Waals surface area contributed by atoms with E-state index in [-0.39, 0.29) is 5.91 Å². The lowest BCUT2D eigenvalue weighted by Gasteiger charge is -2.14. The third-order valence-electron chi connectivity index (χ3n) is 3.88. The highest BCUT2D eigenvalue weighted by atomic mass is 16.5. The van der Waals surface area contributed by atoms with E-state index in [0.29, 0.717) is 5.92 Å². The van der Waals surface area contributed by atoms with Crippen molar-refractivity contribution in [1.29, 1.82) is 0 Å². The number of carbonyl (C=O) groups excluding carboxylic acids is 1. The topological polar surface area (TPSA) is 41.6 Å². The fraction of sp³-hybridized carbons (Fsp3) is 0.471. The molecule has 1 unspecified atom stereocenters. The molecule has 0 radical (unpaired) electrons. The zero-order valence-corrected chi connectivity index (χ0v) is 13.1. The molecule has 0 spiro atoms. The average Bonchev–Trinajstić information content (AvgIpc) is 2.94. The van der Waals surface area contributed by atoms with E-state index >= 15 is 0 Å². The van der Waals surface area contributed by atoms with Crippen molar-refractivity contribution in [2.24, 2.45) is 5.92 Å². The molecule has 1 aliphatic rings. The molecule has 21 heavy (non-hydrogen) atoms. The van der Waals surface area contributed by atoms with Gasteiger partial charge in [-0.15, -0.1) is 0 Å². The Hall–Kier alpha value is -1.81. The SMILES string of the molecule is CNCC1CCN(C(=O)/C=C/c2cc(C)ccc2OC)C1. The van der Waals surface area contributed by atoms with Crippen molar-refractivity contribution in [1.82, 2.24) is 10.2 Å². The minimum atomic E-state index is 0.0807. The highest BCUT2D eigenvalue weighted by molar-refractivity contribution is 5.92. The Kier molecular flexibility index (Phi) is 5.39. The van der Waals surface area contributed by atoms with Crippen molar-refractivity contribution < 1.29 is 9.53 Å². The van der Waals surface area contributed by atoms with Crippen LogP contribution in [0.1, 0.15) is 17.5 Å². The monoisotopic (exact) mass is 288 g/mol. The standard InChI is InChI=1S/C17H24N2O2/c1-13-4-6-16(21-3)15(10-13)5-7-17(20)19-9-8-14(12-19)11-18-2/h4-7,10,14,18H,8-9,11-12H2,1-3H3/b7-5+. The van der Waals surface area contributed by atoms with Gasteiger partial charge in [-0.05, 0) is 51.1 Å². The predicted molar refractivity (Wildman–Crippen MR) is 85.4 cm³/mol. The number of likely N-dealkylation sites (tertiary alicyclic amines) is 1. The number of hydrogen-bond acceptors (Lipinski definition) is 3. The van der Waals surface area contributed by atoms with Gasteiger partial charge in [-0.3, -0.25) is 4.79 Å². The van der Waals surface area contributed by atoms with Gasteiger partial charge in [-0.2, -0.15) is 0 Å². The number of methoxy groups -OCH3 is 1. The van der Waals surface area contributed by atoms with Gasteiger partial charge in [0.1, 0.15) is 5.75 Å². The van der Waals surface area contributed by atoms with Gasteiger partial charge in [0.2, 0.25) is 5.91 Å². The largest absolute Gasteiger partial charge is 0.496 e. The van der Waals surface area contributed by atoms with E-state index in [4.69, 9.17) is 4.74 Å². The molecule has 1 aromatic carbocycles. The van der Waals surface area contributed by atoms with Crippen molar-refractivity contribution >= 4 is 12.0 Å². The molecule has 1 heterocycles. The Morgan fingerprint density at radius 2 is 2.33 bits per heavy atom. The van der Waals surface area contributed by atoms with E-state index in [2.05, 4.69) is 5.32 Å². The quantitative estimate of drug-likeness (QED) is 0.844. The maximum atomic E-state index is 12.2. The number of nitrogens with zero attached hydrogens (tertiary/aromatic N) is 1. The first-order chi connectivity index (χ1) is 10.1. The summed E-state index contributed by atoms with van der Waals surface area (Å²) < 4.78 is 5.32. The van der Waals surface area contributed by atoms with Crippen LogP contribution in [-0.2, 0) is 4.79 Å². The summed E-state index contributed by atoms with van der Waals surface area (Å²) in [6.07, 6.45) is 4.58. The summed E-state index contributed by atoms with van der Waals surface area (Å²) in [5.41, 5.74) is 2.09. The van der Waals surface area contributed by atoms with Crippen LogP contribution in [0.5, 0.6) is 5.75 Å². The molecule has 4 heteroatoms. The van der Waals surface area contributed by atoms with Crippen LogP contribution >= 0.6 is 0 Å². The first kappa shape index (κ1) is 15.6. The number of carbonyl (C=O) groups is 1. The van der Waals surface area contributed by atoms with Crippen LogP contribution in [0, 0.1) is 12.8 Å². The van der Waals surface area contributed by atoms with E-state index in [1.807, 2.05) is 43.1 Å². The second-order valence-electron chi connectivity index (χ2n) is 5.58. The molecule has 2 rings (SSSR count). The molecule has 1 aliphatic heterocycles. The highest BCUT2D eigenvalue weighted by Crippen LogP contribution is 2.21. The van der Waals surface area contributed by atoms with E-state index in [9.17, 15) is 4.79 Å². The van der Waals surface area contributed by atoms with Crippen LogP contribution in [0.3, 0.4) is 0 Å². The molecule has 0 aliphatic carbocycles. The van der Waals surface area contributed by atoms with Crippen molar-refractivity contribution in [3.8, 4) is 5.75 Å². The second kappa shape index (κ2) is 7.27. The summed E-state index contributed by atoms with van der Waals surface area (Å²) in [7, 11) is 3.60. The van der Waals surface area contributed by atoms with Crippen molar-refractivity contribution in [3.63, 3.8) is 0 Å². The Morgan fingerprint density at radius 1 is 1.52 bits per heavy atom. The maximum Gasteiger partial charge on any atom is 0.246 e. The Bertz CT molecular complexity index is 526. The van der Waals surface area contributed by atoms with Gasteiger partial charge in [-0.25, -0.2) is 0 Å². The summed E-state index contributed by atoms with van der Waals surface area (Å²) in [6, 6.07) is 5.95. The second-order valence-corrected chi connectivity index (χ2v) is 5.58. The summed E-state index contributed by atoms with van der Waals surface area (Å²) in [5.74, 6) is 1.44. The predicted octanol–water partition coefficient (Wildman–Crippen LogP) is 2.08. The van der Waals surface area contributed by atoms with Gasteiger partial charge >= 0.3 is 0 Å². The Balaban J connectivity index is 2.01. The van der Waals surface area contributed by atoms with Crippen molar-refractivity contribution in [2.45, 2.75) is 13.3 Å². The lowest BCUT2D eigenvalue weighted by Crippen LogP contribution is -2.28. The number of hydrogen-bond donors (Lipinski definition) is 1.